The molecule has 0 aliphatic carbocycles. The largest absolute Gasteiger partial charge is 0.463 e. The molecular formula is C20H36O9Si. The van der Waals surface area contributed by atoms with E-state index < -0.39 is 56.6 Å². The van der Waals surface area contributed by atoms with Gasteiger partial charge in [0.1, 0.15) is 18.8 Å². The van der Waals surface area contributed by atoms with Gasteiger partial charge in [0.25, 0.3) is 0 Å². The number of rotatable bonds is 8. The summed E-state index contributed by atoms with van der Waals surface area (Å²) in [6, 6.07) is 0. The van der Waals surface area contributed by atoms with E-state index in [1.54, 1.807) is 13.8 Å². The van der Waals surface area contributed by atoms with Crippen molar-refractivity contribution in [3.8, 4) is 0 Å². The predicted octanol–water partition coefficient (Wildman–Crippen LogP) is 2.91. The van der Waals surface area contributed by atoms with E-state index in [9.17, 15) is 14.4 Å². The lowest BCUT2D eigenvalue weighted by molar-refractivity contribution is -0.265. The van der Waals surface area contributed by atoms with Crippen LogP contribution in [0.5, 0.6) is 0 Å². The zero-order chi connectivity index (χ0) is 23.5. The van der Waals surface area contributed by atoms with Gasteiger partial charge in [-0.1, -0.05) is 20.8 Å². The molecule has 1 saturated heterocycles. The van der Waals surface area contributed by atoms with Crippen LogP contribution in [0.3, 0.4) is 0 Å². The fourth-order valence-electron chi connectivity index (χ4n) is 2.77. The Morgan fingerprint density at radius 3 is 1.90 bits per heavy atom. The van der Waals surface area contributed by atoms with Crippen molar-refractivity contribution in [2.45, 2.75) is 104 Å². The minimum absolute atomic E-state index is 0.0970. The van der Waals surface area contributed by atoms with Gasteiger partial charge in [-0.25, -0.2) is 0 Å². The highest BCUT2D eigenvalue weighted by Crippen LogP contribution is 2.41. The van der Waals surface area contributed by atoms with Gasteiger partial charge in [0.2, 0.25) is 12.1 Å². The standard InChI is InChI=1S/C20H36O9Si/c1-12(21)24-11-15-16(29-30(9,10)19(4,5)6)17(18(26-15)25-13(2)22)28-20(7,8)27-14(3)23/h15-18H,11H2,1-10H3/t15-,16+,17-,18-/m1/s1. The number of hydrogen-bond acceptors (Lipinski definition) is 9. The Bertz CT molecular complexity index is 639. The van der Waals surface area contributed by atoms with Crippen molar-refractivity contribution in [1.82, 2.24) is 0 Å². The second-order valence-electron chi connectivity index (χ2n) is 9.37. The minimum atomic E-state index is -2.34. The lowest BCUT2D eigenvalue weighted by Crippen LogP contribution is -2.52. The summed E-state index contributed by atoms with van der Waals surface area (Å²) in [5.74, 6) is -2.90. The Kier molecular flexibility index (Phi) is 8.63. The van der Waals surface area contributed by atoms with Crippen molar-refractivity contribution >= 4 is 26.2 Å². The summed E-state index contributed by atoms with van der Waals surface area (Å²) in [7, 11) is -2.34. The molecule has 1 rings (SSSR count). The SMILES string of the molecule is CC(=O)OC[C@H]1O[C@@H](OC(C)=O)[C@H](OC(C)(C)OC(C)=O)[C@H]1O[Si](C)(C)C(C)(C)C. The molecule has 0 N–H and O–H groups in total. The Morgan fingerprint density at radius 2 is 1.47 bits per heavy atom. The summed E-state index contributed by atoms with van der Waals surface area (Å²) in [5.41, 5.74) is 0. The number of carbonyl (C=O) groups is 3. The van der Waals surface area contributed by atoms with Crippen molar-refractivity contribution in [2.24, 2.45) is 0 Å². The molecule has 0 spiro atoms. The predicted molar refractivity (Wildman–Crippen MR) is 110 cm³/mol. The molecule has 0 saturated carbocycles. The number of esters is 3. The molecule has 1 aliphatic rings. The van der Waals surface area contributed by atoms with Gasteiger partial charge in [-0.15, -0.1) is 0 Å². The summed E-state index contributed by atoms with van der Waals surface area (Å²) in [6.45, 7) is 17.2. The molecule has 0 aromatic heterocycles. The molecule has 0 radical (unpaired) electrons. The first-order chi connectivity index (χ1) is 13.4. The third kappa shape index (κ3) is 7.64. The average molecular weight is 449 g/mol. The Balaban J connectivity index is 3.29. The van der Waals surface area contributed by atoms with Gasteiger partial charge in [-0.3, -0.25) is 14.4 Å². The van der Waals surface area contributed by atoms with Crippen LogP contribution >= 0.6 is 0 Å². The first kappa shape index (κ1) is 26.5. The van der Waals surface area contributed by atoms with Crippen LogP contribution in [0.1, 0.15) is 55.4 Å². The lowest BCUT2D eigenvalue weighted by atomic mass is 10.1. The monoisotopic (exact) mass is 448 g/mol. The Morgan fingerprint density at radius 1 is 0.900 bits per heavy atom. The van der Waals surface area contributed by atoms with Crippen molar-refractivity contribution in [1.29, 1.82) is 0 Å². The van der Waals surface area contributed by atoms with Crippen LogP contribution in [0.15, 0.2) is 0 Å². The van der Waals surface area contributed by atoms with Crippen LogP contribution in [0.25, 0.3) is 0 Å². The van der Waals surface area contributed by atoms with Gasteiger partial charge in [-0.05, 0) is 18.1 Å². The summed E-state index contributed by atoms with van der Waals surface area (Å²) >= 11 is 0. The third-order valence-corrected chi connectivity index (χ3v) is 9.52. The van der Waals surface area contributed by atoms with Gasteiger partial charge in [0, 0.05) is 34.6 Å². The van der Waals surface area contributed by atoms with E-state index in [2.05, 4.69) is 33.9 Å². The van der Waals surface area contributed by atoms with Crippen molar-refractivity contribution in [2.75, 3.05) is 6.61 Å². The average Bonchev–Trinajstić information content (AvgIpc) is 2.78. The van der Waals surface area contributed by atoms with E-state index in [0.29, 0.717) is 0 Å². The fourth-order valence-corrected chi connectivity index (χ4v) is 4.09. The molecule has 0 aromatic rings. The smallest absolute Gasteiger partial charge is 0.305 e. The van der Waals surface area contributed by atoms with E-state index >= 15 is 0 Å². The topological polar surface area (TPSA) is 107 Å². The maximum absolute atomic E-state index is 11.7. The Hall–Kier alpha value is -1.49. The molecule has 1 fully saturated rings. The van der Waals surface area contributed by atoms with Crippen molar-refractivity contribution < 1.29 is 42.5 Å². The summed E-state index contributed by atoms with van der Waals surface area (Å²) in [6.07, 6.45) is -3.47. The molecule has 0 bridgehead atoms. The molecule has 30 heavy (non-hydrogen) atoms. The maximum atomic E-state index is 11.7. The van der Waals surface area contributed by atoms with Gasteiger partial charge >= 0.3 is 17.9 Å². The fraction of sp³-hybridized carbons (Fsp3) is 0.850. The second-order valence-corrected chi connectivity index (χ2v) is 14.1. The zero-order valence-corrected chi connectivity index (χ0v) is 20.7. The van der Waals surface area contributed by atoms with Gasteiger partial charge in [0.15, 0.2) is 14.4 Å². The molecule has 4 atom stereocenters. The number of carbonyl (C=O) groups excluding carboxylic acids is 3. The molecule has 1 heterocycles. The van der Waals surface area contributed by atoms with Crippen LogP contribution in [0, 0.1) is 0 Å². The van der Waals surface area contributed by atoms with Crippen LogP contribution in [0.2, 0.25) is 18.1 Å². The lowest BCUT2D eigenvalue weighted by Gasteiger charge is -2.41. The summed E-state index contributed by atoms with van der Waals surface area (Å²) in [5, 5.41) is -0.131. The number of ether oxygens (including phenoxy) is 5. The molecule has 9 nitrogen and oxygen atoms in total. The highest BCUT2D eigenvalue weighted by Gasteiger charge is 2.54. The quantitative estimate of drug-likeness (QED) is 0.240. The van der Waals surface area contributed by atoms with Crippen molar-refractivity contribution in [3.63, 3.8) is 0 Å². The molecule has 174 valence electrons. The van der Waals surface area contributed by atoms with Gasteiger partial charge in [-0.2, -0.15) is 0 Å². The van der Waals surface area contributed by atoms with Gasteiger partial charge in [0.05, 0.1) is 0 Å². The number of hydrogen-bond donors (Lipinski definition) is 0. The normalized spacial score (nSPS) is 25.0. The highest BCUT2D eigenvalue weighted by molar-refractivity contribution is 6.74. The van der Waals surface area contributed by atoms with Crippen LogP contribution in [-0.4, -0.2) is 63.2 Å². The van der Waals surface area contributed by atoms with Gasteiger partial charge < -0.3 is 28.1 Å². The molecule has 0 unspecified atom stereocenters. The molecule has 0 aromatic carbocycles. The first-order valence-electron chi connectivity index (χ1n) is 9.96. The first-order valence-corrected chi connectivity index (χ1v) is 12.9. The minimum Gasteiger partial charge on any atom is -0.463 e. The van der Waals surface area contributed by atoms with Crippen LogP contribution < -0.4 is 0 Å². The van der Waals surface area contributed by atoms with Crippen LogP contribution in [0.4, 0.5) is 0 Å². The van der Waals surface area contributed by atoms with E-state index in [0.717, 1.165) is 0 Å². The van der Waals surface area contributed by atoms with E-state index in [1.807, 2.05) is 0 Å². The second kappa shape index (κ2) is 9.76. The van der Waals surface area contributed by atoms with Crippen LogP contribution in [-0.2, 0) is 42.5 Å². The molecule has 10 heteroatoms. The van der Waals surface area contributed by atoms with Crippen molar-refractivity contribution in [3.05, 3.63) is 0 Å². The summed E-state index contributed by atoms with van der Waals surface area (Å²) in [4.78, 5) is 34.5. The highest BCUT2D eigenvalue weighted by atomic mass is 28.4. The Labute approximate surface area is 179 Å². The molecule has 1 aliphatic heterocycles. The summed E-state index contributed by atoms with van der Waals surface area (Å²) < 4.78 is 34.2. The maximum Gasteiger partial charge on any atom is 0.305 e. The van der Waals surface area contributed by atoms with E-state index in [1.165, 1.54) is 20.8 Å². The molecule has 0 amide bonds. The third-order valence-electron chi connectivity index (χ3n) is 5.05. The van der Waals surface area contributed by atoms with E-state index in [4.69, 9.17) is 28.1 Å². The molecular weight excluding hydrogens is 412 g/mol. The zero-order valence-electron chi connectivity index (χ0n) is 19.7. The van der Waals surface area contributed by atoms with E-state index in [-0.39, 0.29) is 11.6 Å².